The number of carbonyl (C=O) groups excluding carboxylic acids is 1. The highest BCUT2D eigenvalue weighted by atomic mass is 16.5. The van der Waals surface area contributed by atoms with Crippen molar-refractivity contribution < 1.29 is 9.53 Å². The average molecular weight is 281 g/mol. The molecule has 0 saturated carbocycles. The number of benzene rings is 2. The van der Waals surface area contributed by atoms with Crippen molar-refractivity contribution in [3.8, 4) is 0 Å². The first kappa shape index (κ1) is 14.9. The Balaban J connectivity index is 2.00. The summed E-state index contributed by atoms with van der Waals surface area (Å²) in [4.78, 5) is 11.8. The molecule has 3 nitrogen and oxygen atoms in total. The molecule has 2 rings (SSSR count). The summed E-state index contributed by atoms with van der Waals surface area (Å²) in [6.45, 7) is 0.678. The fourth-order valence-electron chi connectivity index (χ4n) is 2.01. The van der Waals surface area contributed by atoms with Crippen molar-refractivity contribution in [2.75, 3.05) is 19.0 Å². The van der Waals surface area contributed by atoms with Crippen LogP contribution in [0.4, 0.5) is 5.69 Å². The first-order valence-electron chi connectivity index (χ1n) is 6.92. The molecule has 0 spiro atoms. The smallest absolute Gasteiger partial charge is 0.333 e. The van der Waals surface area contributed by atoms with E-state index in [2.05, 4.69) is 5.32 Å². The Hall–Kier alpha value is -2.55. The van der Waals surface area contributed by atoms with Crippen molar-refractivity contribution in [1.82, 2.24) is 0 Å². The second kappa shape index (κ2) is 7.90. The van der Waals surface area contributed by atoms with E-state index in [0.717, 1.165) is 11.3 Å². The highest BCUT2D eigenvalue weighted by molar-refractivity contribution is 5.93. The van der Waals surface area contributed by atoms with Crippen molar-refractivity contribution in [3.63, 3.8) is 0 Å². The van der Waals surface area contributed by atoms with Crippen molar-refractivity contribution >= 4 is 17.7 Å². The molecule has 2 aromatic rings. The van der Waals surface area contributed by atoms with Gasteiger partial charge < -0.3 is 10.1 Å². The fraction of sp³-hybridized carbons (Fsp3) is 0.167. The number of ether oxygens (including phenoxy) is 1. The van der Waals surface area contributed by atoms with E-state index in [9.17, 15) is 4.79 Å². The molecule has 0 aliphatic heterocycles. The number of carbonyl (C=O) groups is 1. The molecule has 2 aromatic carbocycles. The molecule has 3 heteroatoms. The predicted octanol–water partition coefficient (Wildman–Crippen LogP) is 3.75. The van der Waals surface area contributed by atoms with E-state index in [4.69, 9.17) is 4.74 Å². The molecule has 1 N–H and O–H groups in total. The molecule has 0 saturated heterocycles. The Kier molecular flexibility index (Phi) is 5.59. The van der Waals surface area contributed by atoms with Gasteiger partial charge in [-0.15, -0.1) is 0 Å². The summed E-state index contributed by atoms with van der Waals surface area (Å²) in [6.07, 6.45) is 2.48. The van der Waals surface area contributed by atoms with E-state index < -0.39 is 0 Å². The lowest BCUT2D eigenvalue weighted by atomic mass is 10.1. The predicted molar refractivity (Wildman–Crippen MR) is 86.0 cm³/mol. The van der Waals surface area contributed by atoms with Gasteiger partial charge >= 0.3 is 5.97 Å². The van der Waals surface area contributed by atoms with Crippen molar-refractivity contribution in [3.05, 3.63) is 71.8 Å². The van der Waals surface area contributed by atoms with Crippen molar-refractivity contribution in [2.24, 2.45) is 0 Å². The van der Waals surface area contributed by atoms with Crippen LogP contribution in [0.15, 0.2) is 66.2 Å². The summed E-state index contributed by atoms with van der Waals surface area (Å²) < 4.78 is 4.85. The zero-order chi connectivity index (χ0) is 14.9. The van der Waals surface area contributed by atoms with Crippen molar-refractivity contribution in [2.45, 2.75) is 6.42 Å². The molecule has 0 aliphatic rings. The Bertz CT molecular complexity index is 591. The van der Waals surface area contributed by atoms with Crippen molar-refractivity contribution in [1.29, 1.82) is 0 Å². The first-order chi connectivity index (χ1) is 10.3. The molecule has 0 radical (unpaired) electrons. The van der Waals surface area contributed by atoms with Gasteiger partial charge in [0.15, 0.2) is 0 Å². The summed E-state index contributed by atoms with van der Waals surface area (Å²) in [5.74, 6) is -0.284. The van der Waals surface area contributed by atoms with Crippen LogP contribution < -0.4 is 5.32 Å². The van der Waals surface area contributed by atoms with Gasteiger partial charge in [-0.2, -0.15) is 0 Å². The van der Waals surface area contributed by atoms with E-state index in [1.165, 1.54) is 7.11 Å². The third-order valence-corrected chi connectivity index (χ3v) is 3.09. The number of hydrogen-bond acceptors (Lipinski definition) is 3. The van der Waals surface area contributed by atoms with Gasteiger partial charge in [-0.1, -0.05) is 48.5 Å². The quantitative estimate of drug-likeness (QED) is 0.647. The van der Waals surface area contributed by atoms with E-state index >= 15 is 0 Å². The molecule has 0 bridgehead atoms. The van der Waals surface area contributed by atoms with E-state index in [1.807, 2.05) is 66.7 Å². The minimum atomic E-state index is -0.284. The lowest BCUT2D eigenvalue weighted by Crippen LogP contribution is -2.10. The minimum absolute atomic E-state index is 0.284. The second-order valence-electron chi connectivity index (χ2n) is 4.61. The Morgan fingerprint density at radius 1 is 1.05 bits per heavy atom. The monoisotopic (exact) mass is 281 g/mol. The normalized spacial score (nSPS) is 11.0. The SMILES string of the molecule is COC(=O)/C(=C/c1ccccc1)CCNc1ccccc1. The molecule has 21 heavy (non-hydrogen) atoms. The van der Waals surface area contributed by atoms with Crippen LogP contribution in [0.2, 0.25) is 0 Å². The van der Waals surface area contributed by atoms with Crippen LogP contribution in [0.5, 0.6) is 0 Å². The molecule has 0 aromatic heterocycles. The molecule has 0 heterocycles. The van der Waals surface area contributed by atoms with Crippen LogP contribution in [0, 0.1) is 0 Å². The van der Waals surface area contributed by atoms with Crippen LogP contribution in [0.1, 0.15) is 12.0 Å². The van der Waals surface area contributed by atoms with E-state index in [-0.39, 0.29) is 5.97 Å². The van der Waals surface area contributed by atoms with Crippen LogP contribution in [-0.4, -0.2) is 19.6 Å². The lowest BCUT2D eigenvalue weighted by molar-refractivity contribution is -0.136. The maximum Gasteiger partial charge on any atom is 0.333 e. The zero-order valence-electron chi connectivity index (χ0n) is 12.1. The van der Waals surface area contributed by atoms with Crippen LogP contribution >= 0.6 is 0 Å². The van der Waals surface area contributed by atoms with Gasteiger partial charge in [0.2, 0.25) is 0 Å². The maximum atomic E-state index is 11.8. The zero-order valence-corrected chi connectivity index (χ0v) is 12.1. The summed E-state index contributed by atoms with van der Waals surface area (Å²) >= 11 is 0. The molecule has 0 atom stereocenters. The van der Waals surface area contributed by atoms with Gasteiger partial charge in [-0.3, -0.25) is 0 Å². The van der Waals surface area contributed by atoms with Gasteiger partial charge in [-0.25, -0.2) is 4.79 Å². The van der Waals surface area contributed by atoms with Gasteiger partial charge in [0.25, 0.3) is 0 Å². The van der Waals surface area contributed by atoms with Gasteiger partial charge in [0.1, 0.15) is 0 Å². The summed E-state index contributed by atoms with van der Waals surface area (Å²) in [6, 6.07) is 19.7. The minimum Gasteiger partial charge on any atom is -0.466 e. The summed E-state index contributed by atoms with van der Waals surface area (Å²) in [5, 5.41) is 3.29. The first-order valence-corrected chi connectivity index (χ1v) is 6.92. The topological polar surface area (TPSA) is 38.3 Å². The number of nitrogens with one attached hydrogen (secondary N) is 1. The summed E-state index contributed by atoms with van der Waals surface area (Å²) in [5.41, 5.74) is 2.70. The second-order valence-corrected chi connectivity index (χ2v) is 4.61. The number of hydrogen-bond donors (Lipinski definition) is 1. The molecule has 0 fully saturated rings. The van der Waals surface area contributed by atoms with Crippen LogP contribution in [0.25, 0.3) is 6.08 Å². The van der Waals surface area contributed by atoms with E-state index in [0.29, 0.717) is 18.5 Å². The Morgan fingerprint density at radius 2 is 1.67 bits per heavy atom. The number of rotatable bonds is 6. The van der Waals surface area contributed by atoms with Crippen LogP contribution in [-0.2, 0) is 9.53 Å². The molecule has 108 valence electrons. The number of esters is 1. The number of anilines is 1. The third kappa shape index (κ3) is 4.80. The number of para-hydroxylation sites is 1. The average Bonchev–Trinajstić information content (AvgIpc) is 2.55. The van der Waals surface area contributed by atoms with Gasteiger partial charge in [0.05, 0.1) is 7.11 Å². The molecular formula is C18H19NO2. The molecule has 0 unspecified atom stereocenters. The molecular weight excluding hydrogens is 262 g/mol. The van der Waals surface area contributed by atoms with Gasteiger partial charge in [-0.05, 0) is 30.2 Å². The Labute approximate surface area is 125 Å². The van der Waals surface area contributed by atoms with E-state index in [1.54, 1.807) is 0 Å². The number of methoxy groups -OCH3 is 1. The fourth-order valence-corrected chi connectivity index (χ4v) is 2.01. The standard InChI is InChI=1S/C18H19NO2/c1-21-18(20)16(14-15-8-4-2-5-9-15)12-13-19-17-10-6-3-7-11-17/h2-11,14,19H,12-13H2,1H3/b16-14+. The van der Waals surface area contributed by atoms with Gasteiger partial charge in [0, 0.05) is 17.8 Å². The highest BCUT2D eigenvalue weighted by Crippen LogP contribution is 2.12. The largest absolute Gasteiger partial charge is 0.466 e. The summed E-state index contributed by atoms with van der Waals surface area (Å²) in [7, 11) is 1.41. The maximum absolute atomic E-state index is 11.8. The lowest BCUT2D eigenvalue weighted by Gasteiger charge is -2.08. The molecule has 0 aliphatic carbocycles. The third-order valence-electron chi connectivity index (χ3n) is 3.09. The Morgan fingerprint density at radius 3 is 2.29 bits per heavy atom. The van der Waals surface area contributed by atoms with Crippen LogP contribution in [0.3, 0.4) is 0 Å². The molecule has 0 amide bonds. The highest BCUT2D eigenvalue weighted by Gasteiger charge is 2.09.